The van der Waals surface area contributed by atoms with Crippen molar-refractivity contribution in [2.75, 3.05) is 5.84 Å². The van der Waals surface area contributed by atoms with E-state index in [9.17, 15) is 4.79 Å². The molecule has 0 fully saturated rings. The van der Waals surface area contributed by atoms with Crippen molar-refractivity contribution in [1.29, 1.82) is 0 Å². The van der Waals surface area contributed by atoms with Gasteiger partial charge in [-0.15, -0.1) is 11.3 Å². The molecule has 2 aromatic rings. The van der Waals surface area contributed by atoms with Crippen molar-refractivity contribution in [2.45, 2.75) is 32.1 Å². The van der Waals surface area contributed by atoms with Crippen LogP contribution in [0, 0.1) is 4.77 Å². The number of hydrogen-bond donors (Lipinski definition) is 2. The van der Waals surface area contributed by atoms with Crippen LogP contribution in [0.1, 0.15) is 36.1 Å². The zero-order valence-electron chi connectivity index (χ0n) is 9.45. The number of nitrogens with one attached hydrogen (secondary N) is 1. The molecule has 0 unspecified atom stereocenters. The first-order chi connectivity index (χ1) is 8.09. The van der Waals surface area contributed by atoms with E-state index >= 15 is 0 Å². The van der Waals surface area contributed by atoms with Gasteiger partial charge in [0.25, 0.3) is 5.56 Å². The van der Waals surface area contributed by atoms with Gasteiger partial charge in [0.15, 0.2) is 4.77 Å². The van der Waals surface area contributed by atoms with Crippen molar-refractivity contribution >= 4 is 33.8 Å². The van der Waals surface area contributed by atoms with Crippen LogP contribution >= 0.6 is 23.6 Å². The number of nitrogens with two attached hydrogens (primary N) is 1. The summed E-state index contributed by atoms with van der Waals surface area (Å²) in [7, 11) is 0. The lowest BCUT2D eigenvalue weighted by atomic mass is 9.88. The van der Waals surface area contributed by atoms with E-state index in [1.165, 1.54) is 16.9 Å². The standard InChI is InChI=1S/C11H13N3OS2/c1-5-3-2-4-6-7(5)8-9(17-6)13-11(16)14(12)10(8)15/h5H,2-4,12H2,1H3,(H,13,16)/t5-/m0/s1. The topological polar surface area (TPSA) is 63.8 Å². The SMILES string of the molecule is C[C@H]1CCCc2sc3[nH]c(=S)n(N)c(=O)c3c21. The highest BCUT2D eigenvalue weighted by Gasteiger charge is 2.24. The second kappa shape index (κ2) is 3.68. The number of nitrogens with zero attached hydrogens (tertiary/aromatic N) is 1. The second-order valence-electron chi connectivity index (χ2n) is 4.54. The highest BCUT2D eigenvalue weighted by Crippen LogP contribution is 2.39. The van der Waals surface area contributed by atoms with Gasteiger partial charge in [-0.25, -0.2) is 0 Å². The number of hydrogen-bond acceptors (Lipinski definition) is 4. The van der Waals surface area contributed by atoms with Gasteiger partial charge in [0.2, 0.25) is 0 Å². The van der Waals surface area contributed by atoms with E-state index in [1.54, 1.807) is 11.3 Å². The summed E-state index contributed by atoms with van der Waals surface area (Å²) in [6, 6.07) is 0. The molecule has 90 valence electrons. The van der Waals surface area contributed by atoms with Gasteiger partial charge in [-0.05, 0) is 43.0 Å². The maximum absolute atomic E-state index is 12.2. The minimum absolute atomic E-state index is 0.171. The van der Waals surface area contributed by atoms with Crippen molar-refractivity contribution in [3.63, 3.8) is 0 Å². The highest BCUT2D eigenvalue weighted by atomic mass is 32.1. The fraction of sp³-hybridized carbons (Fsp3) is 0.455. The Labute approximate surface area is 107 Å². The van der Waals surface area contributed by atoms with Gasteiger partial charge in [-0.3, -0.25) is 4.79 Å². The molecule has 4 nitrogen and oxygen atoms in total. The summed E-state index contributed by atoms with van der Waals surface area (Å²) in [5, 5.41) is 0.744. The van der Waals surface area contributed by atoms with Gasteiger partial charge in [0, 0.05) is 4.88 Å². The first-order valence-corrected chi connectivity index (χ1v) is 6.87. The van der Waals surface area contributed by atoms with E-state index in [-0.39, 0.29) is 10.3 Å². The van der Waals surface area contributed by atoms with Crippen molar-refractivity contribution in [3.05, 3.63) is 25.6 Å². The predicted molar refractivity (Wildman–Crippen MR) is 72.8 cm³/mol. The number of fused-ring (bicyclic) bond motifs is 3. The number of aromatic nitrogens is 2. The minimum atomic E-state index is -0.171. The van der Waals surface area contributed by atoms with Crippen LogP contribution < -0.4 is 11.4 Å². The quantitative estimate of drug-likeness (QED) is 0.568. The Kier molecular flexibility index (Phi) is 2.38. The van der Waals surface area contributed by atoms with Gasteiger partial charge in [0.05, 0.1) is 5.39 Å². The Bertz CT molecular complexity index is 710. The van der Waals surface area contributed by atoms with Gasteiger partial charge < -0.3 is 10.8 Å². The third-order valence-electron chi connectivity index (χ3n) is 3.43. The Balaban J connectivity index is 2.50. The molecular formula is C11H13N3OS2. The minimum Gasteiger partial charge on any atom is -0.334 e. The van der Waals surface area contributed by atoms with Crippen LogP contribution in [0.5, 0.6) is 0 Å². The molecule has 0 bridgehead atoms. The van der Waals surface area contributed by atoms with E-state index in [4.69, 9.17) is 18.1 Å². The molecule has 0 aromatic carbocycles. The van der Waals surface area contributed by atoms with Crippen LogP contribution in [-0.4, -0.2) is 9.66 Å². The lowest BCUT2D eigenvalue weighted by Gasteiger charge is -2.18. The third kappa shape index (κ3) is 1.47. The van der Waals surface area contributed by atoms with E-state index in [0.29, 0.717) is 5.92 Å². The van der Waals surface area contributed by atoms with Crippen LogP contribution in [0.25, 0.3) is 10.2 Å². The molecule has 6 heteroatoms. The summed E-state index contributed by atoms with van der Waals surface area (Å²) in [6.45, 7) is 2.17. The molecule has 3 N–H and O–H groups in total. The van der Waals surface area contributed by atoms with Crippen molar-refractivity contribution in [2.24, 2.45) is 0 Å². The van der Waals surface area contributed by atoms with E-state index in [2.05, 4.69) is 11.9 Å². The molecule has 1 aliphatic carbocycles. The molecule has 17 heavy (non-hydrogen) atoms. The number of nitrogen functional groups attached to an aromatic ring is 1. The Hall–Kier alpha value is -1.14. The average molecular weight is 267 g/mol. The normalized spacial score (nSPS) is 19.5. The maximum atomic E-state index is 12.2. The fourth-order valence-electron chi connectivity index (χ4n) is 2.58. The molecule has 2 heterocycles. The monoisotopic (exact) mass is 267 g/mol. The molecule has 1 aliphatic rings. The molecule has 3 rings (SSSR count). The fourth-order valence-corrected chi connectivity index (χ4v) is 4.18. The number of thiophene rings is 1. The average Bonchev–Trinajstić information content (AvgIpc) is 2.65. The highest BCUT2D eigenvalue weighted by molar-refractivity contribution is 7.71. The van der Waals surface area contributed by atoms with Crippen LogP contribution in [0.15, 0.2) is 4.79 Å². The number of aromatic amines is 1. The number of aryl methyl sites for hydroxylation is 1. The van der Waals surface area contributed by atoms with Crippen molar-refractivity contribution < 1.29 is 0 Å². The molecule has 1 atom stereocenters. The van der Waals surface area contributed by atoms with Gasteiger partial charge in [-0.1, -0.05) is 6.92 Å². The van der Waals surface area contributed by atoms with E-state index in [1.807, 2.05) is 0 Å². The van der Waals surface area contributed by atoms with Gasteiger partial charge >= 0.3 is 0 Å². The zero-order valence-corrected chi connectivity index (χ0v) is 11.1. The lowest BCUT2D eigenvalue weighted by Crippen LogP contribution is -2.29. The van der Waals surface area contributed by atoms with E-state index < -0.39 is 0 Å². The molecule has 2 aromatic heterocycles. The van der Waals surface area contributed by atoms with Crippen molar-refractivity contribution in [3.8, 4) is 0 Å². The second-order valence-corrected chi connectivity index (χ2v) is 6.03. The summed E-state index contributed by atoms with van der Waals surface area (Å²) in [5.41, 5.74) is 1.02. The Morgan fingerprint density at radius 2 is 2.35 bits per heavy atom. The van der Waals surface area contributed by atoms with Crippen LogP contribution in [0.2, 0.25) is 0 Å². The number of H-pyrrole nitrogens is 1. The molecular weight excluding hydrogens is 254 g/mol. The number of rotatable bonds is 0. The summed E-state index contributed by atoms with van der Waals surface area (Å²) < 4.78 is 1.32. The molecule has 0 amide bonds. The molecule has 0 saturated heterocycles. The smallest absolute Gasteiger partial charge is 0.281 e. The van der Waals surface area contributed by atoms with E-state index in [0.717, 1.165) is 27.7 Å². The van der Waals surface area contributed by atoms with Crippen LogP contribution in [-0.2, 0) is 6.42 Å². The van der Waals surface area contributed by atoms with Crippen LogP contribution in [0.4, 0.5) is 0 Å². The molecule has 0 aliphatic heterocycles. The molecule has 0 spiro atoms. The lowest BCUT2D eigenvalue weighted by molar-refractivity contribution is 0.601. The summed E-state index contributed by atoms with van der Waals surface area (Å²) >= 11 is 6.68. The first kappa shape index (κ1) is 11.0. The van der Waals surface area contributed by atoms with Gasteiger partial charge in [-0.2, -0.15) is 4.68 Å². The Morgan fingerprint density at radius 3 is 3.12 bits per heavy atom. The molecule has 0 saturated carbocycles. The van der Waals surface area contributed by atoms with Gasteiger partial charge in [0.1, 0.15) is 4.83 Å². The largest absolute Gasteiger partial charge is 0.334 e. The molecule has 0 radical (unpaired) electrons. The third-order valence-corrected chi connectivity index (χ3v) is 4.91. The maximum Gasteiger partial charge on any atom is 0.281 e. The summed E-state index contributed by atoms with van der Waals surface area (Å²) in [4.78, 5) is 17.4. The Morgan fingerprint density at radius 1 is 1.59 bits per heavy atom. The van der Waals surface area contributed by atoms with Crippen LogP contribution in [0.3, 0.4) is 0 Å². The zero-order chi connectivity index (χ0) is 12.2. The van der Waals surface area contributed by atoms with Crippen molar-refractivity contribution in [1.82, 2.24) is 9.66 Å². The predicted octanol–water partition coefficient (Wildman–Crippen LogP) is 2.27. The summed E-state index contributed by atoms with van der Waals surface area (Å²) in [5.74, 6) is 6.09. The summed E-state index contributed by atoms with van der Waals surface area (Å²) in [6.07, 6.45) is 3.39. The first-order valence-electron chi connectivity index (χ1n) is 5.65.